The summed E-state index contributed by atoms with van der Waals surface area (Å²) in [6.07, 6.45) is 3.10. The summed E-state index contributed by atoms with van der Waals surface area (Å²) in [4.78, 5) is 29.1. The maximum Gasteiger partial charge on any atom is 0.260 e. The average molecular weight is 488 g/mol. The minimum atomic E-state index is -0.421. The summed E-state index contributed by atoms with van der Waals surface area (Å²) >= 11 is 3.50. The Morgan fingerprint density at radius 1 is 0.938 bits per heavy atom. The number of rotatable bonds is 4. The number of H-pyrrole nitrogens is 1. The Bertz CT molecular complexity index is 1420. The first-order valence-corrected chi connectivity index (χ1v) is 10.9. The predicted octanol–water partition coefficient (Wildman–Crippen LogP) is 5.62. The van der Waals surface area contributed by atoms with Crippen molar-refractivity contribution in [1.29, 1.82) is 0 Å². The van der Waals surface area contributed by atoms with E-state index in [1.165, 1.54) is 6.08 Å². The Morgan fingerprint density at radius 2 is 1.72 bits per heavy atom. The summed E-state index contributed by atoms with van der Waals surface area (Å²) in [5.41, 5.74) is 2.56. The van der Waals surface area contributed by atoms with Crippen molar-refractivity contribution in [3.8, 4) is 22.6 Å². The molecule has 3 aromatic carbocycles. The minimum Gasteiger partial charge on any atom is -0.486 e. The van der Waals surface area contributed by atoms with Crippen LogP contribution in [0.15, 0.2) is 82.1 Å². The number of aromatic nitrogens is 1. The third-order valence-electron chi connectivity index (χ3n) is 5.28. The molecule has 0 fully saturated rings. The molecule has 0 amide bonds. The molecule has 0 bridgehead atoms. The zero-order valence-electron chi connectivity index (χ0n) is 16.9. The van der Waals surface area contributed by atoms with E-state index >= 15 is 0 Å². The number of carbonyl (C=O) groups excluding carboxylic acids is 1. The molecule has 5 rings (SSSR count). The van der Waals surface area contributed by atoms with E-state index in [0.717, 1.165) is 21.0 Å². The van der Waals surface area contributed by atoms with E-state index in [-0.39, 0.29) is 11.3 Å². The second-order valence-electron chi connectivity index (χ2n) is 7.36. The van der Waals surface area contributed by atoms with Gasteiger partial charge >= 0.3 is 0 Å². The lowest BCUT2D eigenvalue weighted by Gasteiger charge is -2.18. The fraction of sp³-hybridized carbons (Fsp3) is 0.0769. The average Bonchev–Trinajstić information content (AvgIpc) is 2.82. The van der Waals surface area contributed by atoms with Crippen molar-refractivity contribution < 1.29 is 14.3 Å². The second-order valence-corrected chi connectivity index (χ2v) is 8.28. The molecule has 5 nitrogen and oxygen atoms in total. The van der Waals surface area contributed by atoms with Gasteiger partial charge in [-0.1, -0.05) is 58.4 Å². The quantitative estimate of drug-likeness (QED) is 0.299. The normalized spacial score (nSPS) is 12.9. The molecule has 0 atom stereocenters. The minimum absolute atomic E-state index is 0.107. The van der Waals surface area contributed by atoms with Gasteiger partial charge in [0.2, 0.25) is 0 Å². The van der Waals surface area contributed by atoms with Crippen LogP contribution in [0.1, 0.15) is 15.9 Å². The number of carbonyl (C=O) groups is 1. The molecule has 1 aliphatic rings. The van der Waals surface area contributed by atoms with Crippen LogP contribution in [0.5, 0.6) is 11.5 Å². The number of ketones is 1. The zero-order chi connectivity index (χ0) is 22.1. The first-order valence-electron chi connectivity index (χ1n) is 10.1. The number of hydrogen-bond donors (Lipinski definition) is 1. The molecule has 32 heavy (non-hydrogen) atoms. The molecule has 0 saturated heterocycles. The van der Waals surface area contributed by atoms with Crippen molar-refractivity contribution in [2.75, 3.05) is 13.2 Å². The highest BCUT2D eigenvalue weighted by Crippen LogP contribution is 2.33. The molecule has 0 unspecified atom stereocenters. The fourth-order valence-electron chi connectivity index (χ4n) is 3.82. The first-order chi connectivity index (χ1) is 15.6. The van der Waals surface area contributed by atoms with Crippen LogP contribution in [0, 0.1) is 0 Å². The Hall–Kier alpha value is -3.64. The Morgan fingerprint density at radius 3 is 2.53 bits per heavy atom. The summed E-state index contributed by atoms with van der Waals surface area (Å²) in [6.45, 7) is 1.01. The van der Waals surface area contributed by atoms with E-state index in [1.807, 2.05) is 66.7 Å². The van der Waals surface area contributed by atoms with Gasteiger partial charge in [0.15, 0.2) is 17.3 Å². The fourth-order valence-corrected chi connectivity index (χ4v) is 4.19. The highest BCUT2D eigenvalue weighted by molar-refractivity contribution is 9.10. The first kappa shape index (κ1) is 20.3. The molecule has 4 aromatic rings. The third-order valence-corrected chi connectivity index (χ3v) is 5.77. The number of hydrogen-bond acceptors (Lipinski definition) is 4. The number of allylic oxidation sites excluding steroid dienone is 1. The SMILES string of the molecule is O=C(C=Cc1ccc2c(c1)OCCO2)c1c(-c2ccccc2)c2cc(Br)ccc2[nH]c1=O. The maximum absolute atomic E-state index is 13.3. The number of halogens is 1. The number of aromatic amines is 1. The van der Waals surface area contributed by atoms with Gasteiger partial charge in [0.1, 0.15) is 13.2 Å². The van der Waals surface area contributed by atoms with Gasteiger partial charge in [-0.05, 0) is 47.5 Å². The van der Waals surface area contributed by atoms with Crippen LogP contribution >= 0.6 is 15.9 Å². The number of fused-ring (bicyclic) bond motifs is 2. The molecule has 1 aromatic heterocycles. The summed E-state index contributed by atoms with van der Waals surface area (Å²) in [6, 6.07) is 20.5. The lowest BCUT2D eigenvalue weighted by molar-refractivity contribution is 0.104. The van der Waals surface area contributed by atoms with Crippen molar-refractivity contribution >= 4 is 38.7 Å². The van der Waals surface area contributed by atoms with Crippen LogP contribution in [-0.4, -0.2) is 24.0 Å². The van der Waals surface area contributed by atoms with Crippen LogP contribution in [0.2, 0.25) is 0 Å². The number of benzene rings is 3. The molecule has 0 saturated carbocycles. The van der Waals surface area contributed by atoms with E-state index < -0.39 is 5.56 Å². The highest BCUT2D eigenvalue weighted by Gasteiger charge is 2.19. The van der Waals surface area contributed by atoms with E-state index in [4.69, 9.17) is 9.47 Å². The summed E-state index contributed by atoms with van der Waals surface area (Å²) in [5.74, 6) is 0.953. The highest BCUT2D eigenvalue weighted by atomic mass is 79.9. The molecule has 1 N–H and O–H groups in total. The zero-order valence-corrected chi connectivity index (χ0v) is 18.5. The summed E-state index contributed by atoms with van der Waals surface area (Å²) in [7, 11) is 0. The van der Waals surface area contributed by atoms with Gasteiger partial charge in [0.05, 0.1) is 5.56 Å². The van der Waals surface area contributed by atoms with Crippen molar-refractivity contribution in [3.63, 3.8) is 0 Å². The van der Waals surface area contributed by atoms with Crippen LogP contribution in [0.25, 0.3) is 28.1 Å². The van der Waals surface area contributed by atoms with Crippen molar-refractivity contribution in [2.24, 2.45) is 0 Å². The second kappa shape index (κ2) is 8.48. The molecular weight excluding hydrogens is 470 g/mol. The van der Waals surface area contributed by atoms with E-state index in [1.54, 1.807) is 6.08 Å². The predicted molar refractivity (Wildman–Crippen MR) is 129 cm³/mol. The number of pyridine rings is 1. The summed E-state index contributed by atoms with van der Waals surface area (Å²) in [5, 5.41) is 0.793. The van der Waals surface area contributed by atoms with Crippen molar-refractivity contribution in [2.45, 2.75) is 0 Å². The molecular formula is C26H18BrNO4. The van der Waals surface area contributed by atoms with Crippen LogP contribution in [0.4, 0.5) is 0 Å². The monoisotopic (exact) mass is 487 g/mol. The van der Waals surface area contributed by atoms with Crippen LogP contribution in [-0.2, 0) is 0 Å². The Kier molecular flexibility index (Phi) is 5.37. The van der Waals surface area contributed by atoms with Crippen LogP contribution in [0.3, 0.4) is 0 Å². The van der Waals surface area contributed by atoms with Gasteiger partial charge in [0, 0.05) is 20.9 Å². The standard InChI is InChI=1S/C26H18BrNO4/c27-18-8-9-20-19(15-18)24(17-4-2-1-3-5-17)25(26(30)28-20)21(29)10-6-16-7-11-22-23(14-16)32-13-12-31-22/h1-11,14-15H,12-13H2,(H,28,30). The lowest BCUT2D eigenvalue weighted by Crippen LogP contribution is -2.18. The molecule has 0 radical (unpaired) electrons. The van der Waals surface area contributed by atoms with Crippen LogP contribution < -0.4 is 15.0 Å². The molecule has 6 heteroatoms. The topological polar surface area (TPSA) is 68.4 Å². The van der Waals surface area contributed by atoms with Gasteiger partial charge in [-0.15, -0.1) is 0 Å². The van der Waals surface area contributed by atoms with Gasteiger partial charge in [0.25, 0.3) is 5.56 Å². The van der Waals surface area contributed by atoms with E-state index in [0.29, 0.717) is 35.8 Å². The molecule has 1 aliphatic heterocycles. The lowest BCUT2D eigenvalue weighted by atomic mass is 9.94. The molecule has 0 spiro atoms. The van der Waals surface area contributed by atoms with Crippen molar-refractivity contribution in [3.05, 3.63) is 98.8 Å². The Labute approximate surface area is 192 Å². The van der Waals surface area contributed by atoms with Gasteiger partial charge in [-0.3, -0.25) is 9.59 Å². The van der Waals surface area contributed by atoms with Gasteiger partial charge in [-0.2, -0.15) is 0 Å². The van der Waals surface area contributed by atoms with E-state index in [2.05, 4.69) is 20.9 Å². The molecule has 158 valence electrons. The molecule has 2 heterocycles. The van der Waals surface area contributed by atoms with Crippen molar-refractivity contribution in [1.82, 2.24) is 4.98 Å². The Balaban J connectivity index is 1.62. The number of nitrogens with one attached hydrogen (secondary N) is 1. The van der Waals surface area contributed by atoms with E-state index in [9.17, 15) is 9.59 Å². The maximum atomic E-state index is 13.3. The smallest absolute Gasteiger partial charge is 0.260 e. The summed E-state index contributed by atoms with van der Waals surface area (Å²) < 4.78 is 12.0. The van der Waals surface area contributed by atoms with Gasteiger partial charge in [-0.25, -0.2) is 0 Å². The third kappa shape index (κ3) is 3.85. The number of ether oxygens (including phenoxy) is 2. The molecule has 0 aliphatic carbocycles. The largest absolute Gasteiger partial charge is 0.486 e. The van der Waals surface area contributed by atoms with Gasteiger partial charge < -0.3 is 14.5 Å².